The summed E-state index contributed by atoms with van der Waals surface area (Å²) < 4.78 is 5.19. The second-order valence-electron chi connectivity index (χ2n) is 4.35. The fraction of sp³-hybridized carbons (Fsp3) is 0.667. The van der Waals surface area contributed by atoms with Gasteiger partial charge in [0, 0.05) is 25.9 Å². The molecule has 94 valence electrons. The normalized spacial score (nSPS) is 21.7. The standard InChI is InChI=1S/C12H19N3OS/c1-9(11(6-13)12(14)17)15-5-3-4-10(7-15)8-16-2/h10H,3-5,7-8H2,1-2H3,(H2,14,17)/b11-9+/t10-/m0/s1. The van der Waals surface area contributed by atoms with E-state index in [-0.39, 0.29) is 4.99 Å². The lowest BCUT2D eigenvalue weighted by molar-refractivity contribution is 0.104. The van der Waals surface area contributed by atoms with Gasteiger partial charge in [0.05, 0.1) is 6.61 Å². The van der Waals surface area contributed by atoms with Gasteiger partial charge in [0.25, 0.3) is 0 Å². The van der Waals surface area contributed by atoms with Crippen LogP contribution in [0.2, 0.25) is 0 Å². The Balaban J connectivity index is 2.78. The second-order valence-corrected chi connectivity index (χ2v) is 4.79. The van der Waals surface area contributed by atoms with Gasteiger partial charge in [0.15, 0.2) is 0 Å². The molecule has 0 amide bonds. The van der Waals surface area contributed by atoms with Crippen molar-refractivity contribution in [2.24, 2.45) is 11.7 Å². The zero-order chi connectivity index (χ0) is 12.8. The molecular weight excluding hydrogens is 234 g/mol. The largest absolute Gasteiger partial charge is 0.389 e. The Morgan fingerprint density at radius 1 is 1.65 bits per heavy atom. The van der Waals surface area contributed by atoms with Gasteiger partial charge in [-0.2, -0.15) is 5.26 Å². The summed E-state index contributed by atoms with van der Waals surface area (Å²) >= 11 is 4.89. The zero-order valence-electron chi connectivity index (χ0n) is 10.4. The second kappa shape index (κ2) is 6.58. The average Bonchev–Trinajstić information content (AvgIpc) is 2.30. The Bertz CT molecular complexity index is 357. The van der Waals surface area contributed by atoms with E-state index in [0.29, 0.717) is 11.5 Å². The van der Waals surface area contributed by atoms with Crippen LogP contribution in [0.15, 0.2) is 11.3 Å². The van der Waals surface area contributed by atoms with Crippen LogP contribution in [0.5, 0.6) is 0 Å². The number of methoxy groups -OCH3 is 1. The SMILES string of the molecule is COC[C@H]1CCCN(/C(C)=C(\C#N)C(N)=S)C1. The van der Waals surface area contributed by atoms with E-state index in [2.05, 4.69) is 11.0 Å². The average molecular weight is 253 g/mol. The van der Waals surface area contributed by atoms with Crippen LogP contribution in [0.4, 0.5) is 0 Å². The number of nitrogens with two attached hydrogens (primary N) is 1. The third kappa shape index (κ3) is 3.69. The van der Waals surface area contributed by atoms with Crippen molar-refractivity contribution in [1.29, 1.82) is 5.26 Å². The number of thiocarbonyl (C=S) groups is 1. The van der Waals surface area contributed by atoms with Gasteiger partial charge >= 0.3 is 0 Å². The molecule has 2 N–H and O–H groups in total. The van der Waals surface area contributed by atoms with Crippen LogP contribution in [0.3, 0.4) is 0 Å². The molecule has 0 bridgehead atoms. The number of hydrogen-bond acceptors (Lipinski definition) is 4. The highest BCUT2D eigenvalue weighted by atomic mass is 32.1. The first-order chi connectivity index (χ1) is 8.10. The van der Waals surface area contributed by atoms with Crippen LogP contribution in [-0.4, -0.2) is 36.7 Å². The molecule has 1 rings (SSSR count). The Morgan fingerprint density at radius 3 is 2.88 bits per heavy atom. The lowest BCUT2D eigenvalue weighted by Gasteiger charge is -2.35. The first-order valence-electron chi connectivity index (χ1n) is 5.74. The summed E-state index contributed by atoms with van der Waals surface area (Å²) in [6, 6.07) is 2.09. The van der Waals surface area contributed by atoms with Gasteiger partial charge in [0.2, 0.25) is 0 Å². The molecule has 0 aliphatic carbocycles. The van der Waals surface area contributed by atoms with Crippen LogP contribution in [0.1, 0.15) is 19.8 Å². The summed E-state index contributed by atoms with van der Waals surface area (Å²) in [6.45, 7) is 4.54. The van der Waals surface area contributed by atoms with Crippen molar-refractivity contribution >= 4 is 17.2 Å². The predicted octanol–water partition coefficient (Wildman–Crippen LogP) is 1.43. The molecule has 0 aromatic heterocycles. The third-order valence-electron chi connectivity index (χ3n) is 3.12. The van der Waals surface area contributed by atoms with Crippen LogP contribution in [-0.2, 0) is 4.74 Å². The summed E-state index contributed by atoms with van der Waals surface area (Å²) in [7, 11) is 1.72. The minimum absolute atomic E-state index is 0.180. The highest BCUT2D eigenvalue weighted by Crippen LogP contribution is 2.21. The Labute approximate surface area is 108 Å². The Morgan fingerprint density at radius 2 is 2.35 bits per heavy atom. The van der Waals surface area contributed by atoms with Gasteiger partial charge in [-0.3, -0.25) is 0 Å². The number of nitrogens with zero attached hydrogens (tertiary/aromatic N) is 2. The van der Waals surface area contributed by atoms with Crippen molar-refractivity contribution in [2.75, 3.05) is 26.8 Å². The number of rotatable bonds is 4. The maximum Gasteiger partial charge on any atom is 0.116 e. The summed E-state index contributed by atoms with van der Waals surface area (Å²) in [5.74, 6) is 0.523. The number of likely N-dealkylation sites (tertiary alicyclic amines) is 1. The van der Waals surface area contributed by atoms with Gasteiger partial charge in [-0.1, -0.05) is 12.2 Å². The lowest BCUT2D eigenvalue weighted by atomic mass is 9.98. The first-order valence-corrected chi connectivity index (χ1v) is 6.15. The fourth-order valence-corrected chi connectivity index (χ4v) is 2.41. The summed E-state index contributed by atoms with van der Waals surface area (Å²) in [4.78, 5) is 2.36. The quantitative estimate of drug-likeness (QED) is 0.466. The molecule has 1 fully saturated rings. The minimum Gasteiger partial charge on any atom is -0.389 e. The van der Waals surface area contributed by atoms with Crippen molar-refractivity contribution in [2.45, 2.75) is 19.8 Å². The summed E-state index contributed by atoms with van der Waals surface area (Å²) in [6.07, 6.45) is 2.29. The highest BCUT2D eigenvalue weighted by molar-refractivity contribution is 7.80. The number of hydrogen-bond donors (Lipinski definition) is 1. The fourth-order valence-electron chi connectivity index (χ4n) is 2.21. The molecule has 0 aromatic rings. The van der Waals surface area contributed by atoms with E-state index in [4.69, 9.17) is 28.0 Å². The molecule has 4 nitrogen and oxygen atoms in total. The molecule has 1 heterocycles. The third-order valence-corrected chi connectivity index (χ3v) is 3.32. The van der Waals surface area contributed by atoms with Gasteiger partial charge in [0.1, 0.15) is 16.6 Å². The number of ether oxygens (including phenoxy) is 1. The summed E-state index contributed by atoms with van der Waals surface area (Å²) in [5, 5.41) is 9.04. The van der Waals surface area contributed by atoms with Gasteiger partial charge in [-0.15, -0.1) is 0 Å². The summed E-state index contributed by atoms with van der Waals surface area (Å²) in [5.41, 5.74) is 6.87. The first kappa shape index (κ1) is 13.9. The Kier molecular flexibility index (Phi) is 5.39. The molecule has 5 heteroatoms. The van der Waals surface area contributed by atoms with Crippen LogP contribution >= 0.6 is 12.2 Å². The number of nitriles is 1. The molecule has 0 aromatic carbocycles. The van der Waals surface area contributed by atoms with E-state index < -0.39 is 0 Å². The van der Waals surface area contributed by atoms with E-state index in [1.165, 1.54) is 6.42 Å². The molecule has 1 aliphatic heterocycles. The molecule has 1 aliphatic rings. The molecule has 1 saturated heterocycles. The van der Waals surface area contributed by atoms with Crippen molar-refractivity contribution in [1.82, 2.24) is 4.90 Å². The van der Waals surface area contributed by atoms with E-state index in [1.54, 1.807) is 7.11 Å². The molecule has 0 unspecified atom stereocenters. The van der Waals surface area contributed by atoms with Crippen LogP contribution < -0.4 is 5.73 Å². The molecule has 0 radical (unpaired) electrons. The monoisotopic (exact) mass is 253 g/mol. The molecule has 1 atom stereocenters. The van der Waals surface area contributed by atoms with E-state index >= 15 is 0 Å². The van der Waals surface area contributed by atoms with Crippen molar-refractivity contribution in [3.8, 4) is 6.07 Å². The van der Waals surface area contributed by atoms with Gasteiger partial charge < -0.3 is 15.4 Å². The van der Waals surface area contributed by atoms with Crippen molar-refractivity contribution in [3.05, 3.63) is 11.3 Å². The van der Waals surface area contributed by atoms with Crippen LogP contribution in [0.25, 0.3) is 0 Å². The van der Waals surface area contributed by atoms with Gasteiger partial charge in [-0.05, 0) is 25.7 Å². The van der Waals surface area contributed by atoms with Crippen molar-refractivity contribution in [3.63, 3.8) is 0 Å². The minimum atomic E-state index is 0.180. The molecule has 0 saturated carbocycles. The molecular formula is C12H19N3OS. The zero-order valence-corrected chi connectivity index (χ0v) is 11.2. The number of allylic oxidation sites excluding steroid dienone is 1. The maximum absolute atomic E-state index is 9.04. The van der Waals surface area contributed by atoms with Gasteiger partial charge in [-0.25, -0.2) is 0 Å². The number of piperidine rings is 1. The van der Waals surface area contributed by atoms with E-state index in [1.807, 2.05) is 6.92 Å². The molecule has 17 heavy (non-hydrogen) atoms. The Hall–Kier alpha value is -1.12. The van der Waals surface area contributed by atoms with Crippen LogP contribution in [0, 0.1) is 17.2 Å². The topological polar surface area (TPSA) is 62.3 Å². The van der Waals surface area contributed by atoms with E-state index in [9.17, 15) is 0 Å². The highest BCUT2D eigenvalue weighted by Gasteiger charge is 2.22. The molecule has 0 spiro atoms. The lowest BCUT2D eigenvalue weighted by Crippen LogP contribution is -2.37. The van der Waals surface area contributed by atoms with E-state index in [0.717, 1.165) is 31.8 Å². The van der Waals surface area contributed by atoms with Crippen molar-refractivity contribution < 1.29 is 4.74 Å². The smallest absolute Gasteiger partial charge is 0.116 e. The predicted molar refractivity (Wildman–Crippen MR) is 71.3 cm³/mol. The maximum atomic E-state index is 9.04.